The second kappa shape index (κ2) is 3.07. The average Bonchev–Trinajstić information content (AvgIpc) is 2.12. The van der Waals surface area contributed by atoms with Gasteiger partial charge in [-0.3, -0.25) is 4.90 Å². The van der Waals surface area contributed by atoms with E-state index in [0.717, 1.165) is 19.8 Å². The summed E-state index contributed by atoms with van der Waals surface area (Å²) in [4.78, 5) is 2.55. The molecule has 0 amide bonds. The summed E-state index contributed by atoms with van der Waals surface area (Å²) in [5, 5.41) is 0. The number of likely N-dealkylation sites (tertiary alicyclic amines) is 1. The number of benzene rings is 1. The van der Waals surface area contributed by atoms with E-state index in [1.807, 2.05) is 0 Å². The number of ether oxygens (including phenoxy) is 1. The van der Waals surface area contributed by atoms with Crippen molar-refractivity contribution in [2.45, 2.75) is 18.5 Å². The first-order chi connectivity index (χ1) is 6.89. The van der Waals surface area contributed by atoms with Crippen LogP contribution >= 0.6 is 0 Å². The van der Waals surface area contributed by atoms with Gasteiger partial charge in [0.05, 0.1) is 18.8 Å². The first-order valence-electron chi connectivity index (χ1n) is 5.26. The van der Waals surface area contributed by atoms with Crippen molar-refractivity contribution in [2.24, 2.45) is 0 Å². The van der Waals surface area contributed by atoms with Gasteiger partial charge in [-0.25, -0.2) is 0 Å². The third-order valence-corrected chi connectivity index (χ3v) is 3.48. The lowest BCUT2D eigenvalue weighted by Crippen LogP contribution is -2.70. The minimum absolute atomic E-state index is 0.426. The van der Waals surface area contributed by atoms with Gasteiger partial charge in [0.25, 0.3) is 0 Å². The molecule has 0 bridgehead atoms. The van der Waals surface area contributed by atoms with Gasteiger partial charge in [0.1, 0.15) is 0 Å². The van der Waals surface area contributed by atoms with Crippen LogP contribution in [0, 0.1) is 0 Å². The van der Waals surface area contributed by atoms with Gasteiger partial charge in [-0.05, 0) is 12.0 Å². The van der Waals surface area contributed by atoms with Gasteiger partial charge < -0.3 is 4.74 Å². The van der Waals surface area contributed by atoms with Crippen LogP contribution in [0.15, 0.2) is 30.3 Å². The van der Waals surface area contributed by atoms with E-state index >= 15 is 0 Å². The Bertz CT molecular complexity index is 313. The fourth-order valence-corrected chi connectivity index (χ4v) is 2.30. The zero-order valence-corrected chi connectivity index (χ0v) is 8.28. The summed E-state index contributed by atoms with van der Waals surface area (Å²) in [7, 11) is 0. The van der Waals surface area contributed by atoms with Gasteiger partial charge in [-0.15, -0.1) is 0 Å². The lowest BCUT2D eigenvalue weighted by atomic mass is 9.82. The Hall–Kier alpha value is -0.860. The molecule has 2 heteroatoms. The highest BCUT2D eigenvalue weighted by atomic mass is 16.5. The van der Waals surface area contributed by atoms with Gasteiger partial charge >= 0.3 is 0 Å². The smallest absolute Gasteiger partial charge is 0.0693 e. The molecular weight excluding hydrogens is 174 g/mol. The Morgan fingerprint density at radius 1 is 1.21 bits per heavy atom. The first kappa shape index (κ1) is 8.45. The Morgan fingerprint density at radius 2 is 2.00 bits per heavy atom. The van der Waals surface area contributed by atoms with E-state index in [0.29, 0.717) is 5.54 Å². The number of rotatable bonds is 2. The number of nitrogens with zero attached hydrogens (tertiary/aromatic N) is 1. The van der Waals surface area contributed by atoms with Crippen LogP contribution in [0.25, 0.3) is 0 Å². The highest BCUT2D eigenvalue weighted by Gasteiger charge is 2.50. The molecule has 1 aromatic carbocycles. The molecule has 1 spiro atoms. The maximum Gasteiger partial charge on any atom is 0.0693 e. The van der Waals surface area contributed by atoms with Gasteiger partial charge in [0, 0.05) is 13.1 Å². The number of hydrogen-bond acceptors (Lipinski definition) is 2. The fourth-order valence-electron chi connectivity index (χ4n) is 2.30. The summed E-state index contributed by atoms with van der Waals surface area (Å²) < 4.78 is 5.31. The topological polar surface area (TPSA) is 12.5 Å². The van der Waals surface area contributed by atoms with Gasteiger partial charge in [0.15, 0.2) is 0 Å². The normalized spacial score (nSPS) is 24.3. The van der Waals surface area contributed by atoms with Crippen LogP contribution in [-0.2, 0) is 11.3 Å². The second-order valence-electron chi connectivity index (χ2n) is 4.37. The molecule has 1 aromatic rings. The Labute approximate surface area is 84.5 Å². The zero-order valence-electron chi connectivity index (χ0n) is 8.28. The van der Waals surface area contributed by atoms with Crippen LogP contribution in [0.2, 0.25) is 0 Å². The molecule has 14 heavy (non-hydrogen) atoms. The molecule has 0 N–H and O–H groups in total. The van der Waals surface area contributed by atoms with E-state index in [-0.39, 0.29) is 0 Å². The standard InChI is InChI=1S/C12H15NO/c1-2-4-11(5-3-1)8-13-7-6-12(13)9-14-10-12/h1-5H,6-10H2. The molecule has 2 fully saturated rings. The molecule has 74 valence electrons. The SMILES string of the molecule is c1ccc(CN2CCC23COC3)cc1. The lowest BCUT2D eigenvalue weighted by Gasteiger charge is -2.57. The van der Waals surface area contributed by atoms with Crippen LogP contribution in [0.1, 0.15) is 12.0 Å². The van der Waals surface area contributed by atoms with Crippen molar-refractivity contribution in [2.75, 3.05) is 19.8 Å². The van der Waals surface area contributed by atoms with E-state index in [9.17, 15) is 0 Å². The van der Waals surface area contributed by atoms with Crippen LogP contribution < -0.4 is 0 Å². The summed E-state index contributed by atoms with van der Waals surface area (Å²) in [6.45, 7) is 4.21. The molecule has 0 atom stereocenters. The summed E-state index contributed by atoms with van der Waals surface area (Å²) in [6.07, 6.45) is 1.32. The summed E-state index contributed by atoms with van der Waals surface area (Å²) in [5.41, 5.74) is 1.84. The van der Waals surface area contributed by atoms with Crippen molar-refractivity contribution in [3.8, 4) is 0 Å². The van der Waals surface area contributed by atoms with Crippen molar-refractivity contribution in [1.29, 1.82) is 0 Å². The molecule has 0 aliphatic carbocycles. The molecule has 2 nitrogen and oxygen atoms in total. The van der Waals surface area contributed by atoms with Crippen molar-refractivity contribution in [3.63, 3.8) is 0 Å². The molecule has 2 aliphatic heterocycles. The monoisotopic (exact) mass is 189 g/mol. The minimum atomic E-state index is 0.426. The molecule has 2 aliphatic rings. The molecule has 2 heterocycles. The molecule has 3 rings (SSSR count). The van der Waals surface area contributed by atoms with E-state index in [2.05, 4.69) is 35.2 Å². The summed E-state index contributed by atoms with van der Waals surface area (Å²) in [5.74, 6) is 0. The van der Waals surface area contributed by atoms with Gasteiger partial charge in [-0.2, -0.15) is 0 Å². The largest absolute Gasteiger partial charge is 0.377 e. The minimum Gasteiger partial charge on any atom is -0.377 e. The third kappa shape index (κ3) is 1.18. The lowest BCUT2D eigenvalue weighted by molar-refractivity contribution is -0.195. The Kier molecular flexibility index (Phi) is 1.85. The van der Waals surface area contributed by atoms with Crippen LogP contribution in [0.4, 0.5) is 0 Å². The van der Waals surface area contributed by atoms with Crippen molar-refractivity contribution >= 4 is 0 Å². The van der Waals surface area contributed by atoms with E-state index < -0.39 is 0 Å². The van der Waals surface area contributed by atoms with Crippen molar-refractivity contribution in [1.82, 2.24) is 4.90 Å². The van der Waals surface area contributed by atoms with E-state index in [1.165, 1.54) is 18.5 Å². The maximum atomic E-state index is 5.31. The fraction of sp³-hybridized carbons (Fsp3) is 0.500. The van der Waals surface area contributed by atoms with Crippen molar-refractivity contribution in [3.05, 3.63) is 35.9 Å². The number of hydrogen-bond donors (Lipinski definition) is 0. The quantitative estimate of drug-likeness (QED) is 0.701. The van der Waals surface area contributed by atoms with E-state index in [4.69, 9.17) is 4.74 Å². The summed E-state index contributed by atoms with van der Waals surface area (Å²) in [6, 6.07) is 10.7. The molecule has 0 aromatic heterocycles. The zero-order chi connectivity index (χ0) is 9.43. The van der Waals surface area contributed by atoms with Crippen molar-refractivity contribution < 1.29 is 4.74 Å². The first-order valence-corrected chi connectivity index (χ1v) is 5.26. The van der Waals surface area contributed by atoms with Gasteiger partial charge in [0.2, 0.25) is 0 Å². The molecule has 0 saturated carbocycles. The highest BCUT2D eigenvalue weighted by Crippen LogP contribution is 2.38. The average molecular weight is 189 g/mol. The molecule has 0 radical (unpaired) electrons. The highest BCUT2D eigenvalue weighted by molar-refractivity contribution is 5.17. The summed E-state index contributed by atoms with van der Waals surface area (Å²) >= 11 is 0. The second-order valence-corrected chi connectivity index (χ2v) is 4.37. The van der Waals surface area contributed by atoms with Gasteiger partial charge in [-0.1, -0.05) is 30.3 Å². The molecule has 0 unspecified atom stereocenters. The predicted molar refractivity (Wildman–Crippen MR) is 55.0 cm³/mol. The Morgan fingerprint density at radius 3 is 2.50 bits per heavy atom. The van der Waals surface area contributed by atoms with Crippen LogP contribution in [0.5, 0.6) is 0 Å². The molecular formula is C12H15NO. The van der Waals surface area contributed by atoms with E-state index in [1.54, 1.807) is 0 Å². The predicted octanol–water partition coefficient (Wildman–Crippen LogP) is 1.66. The Balaban J connectivity index is 1.68. The maximum absolute atomic E-state index is 5.31. The van der Waals surface area contributed by atoms with Crippen LogP contribution in [0.3, 0.4) is 0 Å². The van der Waals surface area contributed by atoms with Crippen LogP contribution in [-0.4, -0.2) is 30.2 Å². The molecule has 2 saturated heterocycles. The third-order valence-electron chi connectivity index (χ3n) is 3.48.